The van der Waals surface area contributed by atoms with E-state index in [1.807, 2.05) is 0 Å². The molecular formula is C8H13N3O7. The number of hydrogen-bond acceptors (Lipinski definition) is 5. The van der Waals surface area contributed by atoms with Gasteiger partial charge in [0.2, 0.25) is 5.78 Å². The first-order valence-corrected chi connectivity index (χ1v) is 4.42. The van der Waals surface area contributed by atoms with Gasteiger partial charge in [-0.25, -0.2) is 9.79 Å². The molecule has 0 unspecified atom stereocenters. The van der Waals surface area contributed by atoms with E-state index in [1.54, 1.807) is 0 Å². The maximum atomic E-state index is 10.2. The number of nitrogens with zero attached hydrogens (tertiary/aromatic N) is 1. The molecule has 10 nitrogen and oxygen atoms in total. The average molecular weight is 263 g/mol. The summed E-state index contributed by atoms with van der Waals surface area (Å²) in [7, 11) is 0. The van der Waals surface area contributed by atoms with E-state index in [2.05, 4.69) is 4.99 Å². The van der Waals surface area contributed by atoms with Crippen molar-refractivity contribution in [3.63, 3.8) is 0 Å². The molecular weight excluding hydrogens is 250 g/mol. The number of carbonyl (C=O) groups is 4. The second-order valence-electron chi connectivity index (χ2n) is 2.76. The lowest BCUT2D eigenvalue weighted by Gasteiger charge is -1.88. The second-order valence-corrected chi connectivity index (χ2v) is 2.76. The number of rotatable bonds is 6. The zero-order valence-electron chi connectivity index (χ0n) is 9.20. The summed E-state index contributed by atoms with van der Waals surface area (Å²) in [4.78, 5) is 42.6. The molecule has 0 aromatic heterocycles. The van der Waals surface area contributed by atoms with Gasteiger partial charge in [0.25, 0.3) is 0 Å². The van der Waals surface area contributed by atoms with E-state index in [0.29, 0.717) is 0 Å². The summed E-state index contributed by atoms with van der Waals surface area (Å²) in [5, 5.41) is 23.9. The largest absolute Gasteiger partial charge is 0.481 e. The van der Waals surface area contributed by atoms with Crippen molar-refractivity contribution in [2.45, 2.75) is 12.8 Å². The van der Waals surface area contributed by atoms with Gasteiger partial charge >= 0.3 is 17.9 Å². The molecule has 0 atom stereocenters. The molecule has 0 aliphatic rings. The van der Waals surface area contributed by atoms with Gasteiger partial charge in [-0.05, 0) is 0 Å². The van der Waals surface area contributed by atoms with Crippen LogP contribution in [-0.4, -0.2) is 51.5 Å². The van der Waals surface area contributed by atoms with Crippen LogP contribution in [-0.2, 0) is 19.2 Å². The molecule has 0 rings (SSSR count). The number of aliphatic carboxylic acids is 3. The van der Waals surface area contributed by atoms with Crippen LogP contribution in [0.2, 0.25) is 0 Å². The monoisotopic (exact) mass is 263 g/mol. The lowest BCUT2D eigenvalue weighted by Crippen LogP contribution is -2.24. The van der Waals surface area contributed by atoms with E-state index in [-0.39, 0.29) is 12.5 Å². The molecule has 0 saturated heterocycles. The van der Waals surface area contributed by atoms with Crippen molar-refractivity contribution in [1.29, 1.82) is 0 Å². The summed E-state index contributed by atoms with van der Waals surface area (Å²) >= 11 is 0. The normalized spacial score (nSPS) is 8.44. The zero-order chi connectivity index (χ0) is 14.7. The van der Waals surface area contributed by atoms with E-state index in [0.717, 1.165) is 0 Å². The minimum Gasteiger partial charge on any atom is -0.481 e. The van der Waals surface area contributed by atoms with Crippen LogP contribution in [0.1, 0.15) is 12.8 Å². The van der Waals surface area contributed by atoms with E-state index in [9.17, 15) is 19.2 Å². The predicted octanol–water partition coefficient (Wildman–Crippen LogP) is -2.15. The van der Waals surface area contributed by atoms with E-state index < -0.39 is 36.5 Å². The fraction of sp³-hybridized carbons (Fsp3) is 0.375. The minimum absolute atomic E-state index is 0.201. The summed E-state index contributed by atoms with van der Waals surface area (Å²) in [6, 6.07) is 0. The third kappa shape index (κ3) is 15.8. The van der Waals surface area contributed by atoms with E-state index in [4.69, 9.17) is 26.8 Å². The fourth-order valence-electron chi connectivity index (χ4n) is 0.486. The Morgan fingerprint density at radius 3 is 1.61 bits per heavy atom. The topological polar surface area (TPSA) is 193 Å². The van der Waals surface area contributed by atoms with Crippen molar-refractivity contribution < 1.29 is 34.5 Å². The van der Waals surface area contributed by atoms with Gasteiger partial charge in [-0.3, -0.25) is 14.4 Å². The Hall–Kier alpha value is -2.65. The Morgan fingerprint density at radius 1 is 0.889 bits per heavy atom. The molecule has 7 N–H and O–H groups in total. The number of carboxylic acids is 3. The summed E-state index contributed by atoms with van der Waals surface area (Å²) in [5.74, 6) is -5.07. The molecule has 18 heavy (non-hydrogen) atoms. The summed E-state index contributed by atoms with van der Waals surface area (Å²) < 4.78 is 0. The van der Waals surface area contributed by atoms with Crippen LogP contribution in [0, 0.1) is 0 Å². The number of aliphatic imine (C=N–C) groups is 1. The highest BCUT2D eigenvalue weighted by Gasteiger charge is 2.12. The number of ketones is 1. The van der Waals surface area contributed by atoms with Gasteiger partial charge in [-0.2, -0.15) is 0 Å². The molecule has 0 spiro atoms. The Kier molecular flexibility index (Phi) is 9.43. The minimum atomic E-state index is -1.58. The first kappa shape index (κ1) is 17.7. The average Bonchev–Trinajstić information content (AvgIpc) is 2.23. The summed E-state index contributed by atoms with van der Waals surface area (Å²) in [5.41, 5.74) is 9.61. The van der Waals surface area contributed by atoms with Crippen LogP contribution in [0.15, 0.2) is 4.99 Å². The number of carbonyl (C=O) groups excluding carboxylic acids is 1. The van der Waals surface area contributed by atoms with Gasteiger partial charge in [0.05, 0.1) is 6.42 Å². The highest BCUT2D eigenvalue weighted by atomic mass is 16.4. The van der Waals surface area contributed by atoms with Crippen LogP contribution in [0.4, 0.5) is 0 Å². The molecule has 0 aliphatic heterocycles. The van der Waals surface area contributed by atoms with Crippen LogP contribution in [0.25, 0.3) is 0 Å². The molecule has 0 aromatic rings. The molecule has 0 amide bonds. The Labute approximate surface area is 101 Å². The highest BCUT2D eigenvalue weighted by Crippen LogP contribution is 1.89. The number of guanidine groups is 1. The van der Waals surface area contributed by atoms with Crippen LogP contribution >= 0.6 is 0 Å². The molecule has 10 heteroatoms. The molecule has 0 saturated carbocycles. The number of nitrogens with two attached hydrogens (primary N) is 2. The predicted molar refractivity (Wildman–Crippen MR) is 57.8 cm³/mol. The molecule has 0 aliphatic carbocycles. The van der Waals surface area contributed by atoms with Crippen molar-refractivity contribution in [3.05, 3.63) is 0 Å². The number of carboxylic acid groups (broad SMARTS) is 3. The van der Waals surface area contributed by atoms with Gasteiger partial charge in [0.15, 0.2) is 5.96 Å². The van der Waals surface area contributed by atoms with Crippen LogP contribution < -0.4 is 11.5 Å². The van der Waals surface area contributed by atoms with Gasteiger partial charge in [0, 0.05) is 6.42 Å². The lowest BCUT2D eigenvalue weighted by molar-refractivity contribution is -0.149. The first-order valence-electron chi connectivity index (χ1n) is 4.42. The first-order chi connectivity index (χ1) is 8.16. The van der Waals surface area contributed by atoms with Crippen molar-refractivity contribution in [3.8, 4) is 0 Å². The zero-order valence-corrected chi connectivity index (χ0v) is 9.20. The Balaban J connectivity index is 0. The number of Topliss-reactive ketones (excluding diaryl/α,β-unsaturated/α-hetero) is 1. The third-order valence-corrected chi connectivity index (χ3v) is 1.20. The SMILES string of the molecule is NC(N)=NCC(=O)O.O=C(O)CCC(=O)C(=O)O. The Bertz CT molecular complexity index is 360. The summed E-state index contributed by atoms with van der Waals surface area (Å²) in [6.07, 6.45) is -0.865. The smallest absolute Gasteiger partial charge is 0.372 e. The van der Waals surface area contributed by atoms with Crippen molar-refractivity contribution >= 4 is 29.7 Å². The molecule has 102 valence electrons. The molecule has 0 heterocycles. The molecule has 0 fully saturated rings. The lowest BCUT2D eigenvalue weighted by atomic mass is 10.2. The van der Waals surface area contributed by atoms with Gasteiger partial charge in [0.1, 0.15) is 6.54 Å². The van der Waals surface area contributed by atoms with Gasteiger partial charge in [-0.15, -0.1) is 0 Å². The van der Waals surface area contributed by atoms with E-state index >= 15 is 0 Å². The second kappa shape index (κ2) is 9.57. The third-order valence-electron chi connectivity index (χ3n) is 1.20. The summed E-state index contributed by atoms with van der Waals surface area (Å²) in [6.45, 7) is -0.359. The Morgan fingerprint density at radius 2 is 1.39 bits per heavy atom. The van der Waals surface area contributed by atoms with E-state index in [1.165, 1.54) is 0 Å². The molecule has 0 radical (unpaired) electrons. The quantitative estimate of drug-likeness (QED) is 0.201. The molecule has 0 bridgehead atoms. The van der Waals surface area contributed by atoms with Crippen molar-refractivity contribution in [2.24, 2.45) is 16.5 Å². The van der Waals surface area contributed by atoms with Gasteiger partial charge < -0.3 is 26.8 Å². The number of hydrogen-bond donors (Lipinski definition) is 5. The van der Waals surface area contributed by atoms with Crippen LogP contribution in [0.5, 0.6) is 0 Å². The van der Waals surface area contributed by atoms with Crippen LogP contribution in [0.3, 0.4) is 0 Å². The fourth-order valence-corrected chi connectivity index (χ4v) is 0.486. The standard InChI is InChI=1S/C5H6O5.C3H7N3O2/c6-3(5(9)10)1-2-4(7)8;4-3(5)6-1-2(7)8/h1-2H2,(H,7,8)(H,9,10);1H2,(H,7,8)(H4,4,5,6). The maximum Gasteiger partial charge on any atom is 0.372 e. The van der Waals surface area contributed by atoms with Crippen molar-refractivity contribution in [2.75, 3.05) is 6.54 Å². The molecule has 0 aromatic carbocycles. The van der Waals surface area contributed by atoms with Crippen molar-refractivity contribution in [1.82, 2.24) is 0 Å². The van der Waals surface area contributed by atoms with Gasteiger partial charge in [-0.1, -0.05) is 0 Å². The highest BCUT2D eigenvalue weighted by molar-refractivity contribution is 6.32. The maximum absolute atomic E-state index is 10.2.